The molecule has 4 nitrogen and oxygen atoms in total. The molecule has 0 aliphatic carbocycles. The van der Waals surface area contributed by atoms with Gasteiger partial charge in [-0.2, -0.15) is 0 Å². The SMILES string of the molecule is CSc1ncc(C)c(-c2nc(SC)ncc2C)n1. The van der Waals surface area contributed by atoms with Gasteiger partial charge in [0.05, 0.1) is 11.4 Å². The minimum absolute atomic E-state index is 0.763. The highest BCUT2D eigenvalue weighted by molar-refractivity contribution is 7.98. The molecule has 0 saturated carbocycles. The van der Waals surface area contributed by atoms with E-state index in [-0.39, 0.29) is 0 Å². The van der Waals surface area contributed by atoms with E-state index in [0.717, 1.165) is 32.8 Å². The van der Waals surface area contributed by atoms with Crippen molar-refractivity contribution in [3.8, 4) is 11.4 Å². The number of aryl methyl sites for hydroxylation is 2. The van der Waals surface area contributed by atoms with Gasteiger partial charge in [-0.15, -0.1) is 0 Å². The highest BCUT2D eigenvalue weighted by Gasteiger charge is 2.12. The van der Waals surface area contributed by atoms with E-state index < -0.39 is 0 Å². The summed E-state index contributed by atoms with van der Waals surface area (Å²) in [5.74, 6) is 0. The summed E-state index contributed by atoms with van der Waals surface area (Å²) in [6.07, 6.45) is 7.62. The third-order valence-electron chi connectivity index (χ3n) is 2.49. The van der Waals surface area contributed by atoms with E-state index in [4.69, 9.17) is 0 Å². The maximum Gasteiger partial charge on any atom is 0.187 e. The molecule has 0 aliphatic rings. The first kappa shape index (κ1) is 13.3. The Kier molecular flexibility index (Phi) is 4.19. The fourth-order valence-electron chi connectivity index (χ4n) is 1.53. The van der Waals surface area contributed by atoms with Crippen LogP contribution in [-0.4, -0.2) is 32.4 Å². The van der Waals surface area contributed by atoms with Crippen LogP contribution >= 0.6 is 23.5 Å². The van der Waals surface area contributed by atoms with Crippen LogP contribution in [0, 0.1) is 13.8 Å². The molecule has 94 valence electrons. The first-order chi connectivity index (χ1) is 8.65. The van der Waals surface area contributed by atoms with Crippen LogP contribution in [0.3, 0.4) is 0 Å². The zero-order valence-corrected chi connectivity index (χ0v) is 12.4. The van der Waals surface area contributed by atoms with Gasteiger partial charge in [0.1, 0.15) is 0 Å². The topological polar surface area (TPSA) is 51.6 Å². The van der Waals surface area contributed by atoms with E-state index in [2.05, 4.69) is 19.9 Å². The molecule has 2 rings (SSSR count). The molecule has 0 atom stereocenters. The monoisotopic (exact) mass is 278 g/mol. The molecule has 6 heteroatoms. The van der Waals surface area contributed by atoms with Crippen LogP contribution in [-0.2, 0) is 0 Å². The molecule has 0 aromatic carbocycles. The van der Waals surface area contributed by atoms with Crippen molar-refractivity contribution in [2.45, 2.75) is 24.2 Å². The van der Waals surface area contributed by atoms with E-state index in [0.29, 0.717) is 0 Å². The van der Waals surface area contributed by atoms with Gasteiger partial charge >= 0.3 is 0 Å². The summed E-state index contributed by atoms with van der Waals surface area (Å²) in [4.78, 5) is 17.6. The van der Waals surface area contributed by atoms with Crippen LogP contribution < -0.4 is 0 Å². The first-order valence-electron chi connectivity index (χ1n) is 5.41. The average molecular weight is 278 g/mol. The maximum absolute atomic E-state index is 4.55. The number of rotatable bonds is 3. The number of hydrogen-bond donors (Lipinski definition) is 0. The Hall–Kier alpha value is -1.14. The molecule has 0 spiro atoms. The lowest BCUT2D eigenvalue weighted by Gasteiger charge is -2.08. The smallest absolute Gasteiger partial charge is 0.187 e. The second-order valence-corrected chi connectivity index (χ2v) is 5.32. The van der Waals surface area contributed by atoms with Crippen LogP contribution in [0.1, 0.15) is 11.1 Å². The molecule has 2 heterocycles. The van der Waals surface area contributed by atoms with Crippen molar-refractivity contribution in [1.82, 2.24) is 19.9 Å². The van der Waals surface area contributed by atoms with E-state index >= 15 is 0 Å². The third-order valence-corrected chi connectivity index (χ3v) is 3.61. The van der Waals surface area contributed by atoms with E-state index in [1.54, 1.807) is 0 Å². The van der Waals surface area contributed by atoms with E-state index in [1.165, 1.54) is 23.5 Å². The Bertz CT molecular complexity index is 520. The largest absolute Gasteiger partial charge is 0.231 e. The van der Waals surface area contributed by atoms with Crippen LogP contribution in [0.25, 0.3) is 11.4 Å². The molecule has 0 fully saturated rings. The average Bonchev–Trinajstić information content (AvgIpc) is 2.40. The van der Waals surface area contributed by atoms with Gasteiger partial charge in [0, 0.05) is 12.4 Å². The van der Waals surface area contributed by atoms with Gasteiger partial charge in [-0.25, -0.2) is 19.9 Å². The van der Waals surface area contributed by atoms with E-state index in [1.807, 2.05) is 38.8 Å². The second kappa shape index (κ2) is 5.67. The Morgan fingerprint density at radius 2 is 1.17 bits per heavy atom. The Labute approximate surface area is 115 Å². The lowest BCUT2D eigenvalue weighted by Crippen LogP contribution is -1.99. The van der Waals surface area contributed by atoms with Gasteiger partial charge in [-0.05, 0) is 37.5 Å². The molecule has 18 heavy (non-hydrogen) atoms. The van der Waals surface area contributed by atoms with Crippen LogP contribution in [0.2, 0.25) is 0 Å². The number of aromatic nitrogens is 4. The van der Waals surface area contributed by atoms with E-state index in [9.17, 15) is 0 Å². The number of hydrogen-bond acceptors (Lipinski definition) is 6. The fourth-order valence-corrected chi connectivity index (χ4v) is 2.21. The fraction of sp³-hybridized carbons (Fsp3) is 0.333. The molecule has 0 aliphatic heterocycles. The maximum atomic E-state index is 4.55. The molecule has 2 aromatic heterocycles. The quantitative estimate of drug-likeness (QED) is 0.635. The molecular formula is C12H14N4S2. The molecule has 2 aromatic rings. The minimum atomic E-state index is 0.763. The lowest BCUT2D eigenvalue weighted by molar-refractivity contribution is 0.919. The van der Waals surface area contributed by atoms with Crippen molar-refractivity contribution in [2.24, 2.45) is 0 Å². The standard InChI is InChI=1S/C12H14N4S2/c1-7-5-13-11(17-3)15-9(7)10-8(2)6-14-12(16-10)18-4/h5-6H,1-4H3. The molecule has 0 unspecified atom stereocenters. The van der Waals surface area contributed by atoms with Gasteiger partial charge in [0.15, 0.2) is 10.3 Å². The Morgan fingerprint density at radius 1 is 0.778 bits per heavy atom. The Morgan fingerprint density at radius 3 is 1.50 bits per heavy atom. The molecule has 0 amide bonds. The normalized spacial score (nSPS) is 10.7. The zero-order valence-electron chi connectivity index (χ0n) is 10.8. The number of thioether (sulfide) groups is 2. The summed E-state index contributed by atoms with van der Waals surface area (Å²) in [5, 5.41) is 1.53. The van der Waals surface area contributed by atoms with Gasteiger partial charge in [0.25, 0.3) is 0 Å². The Balaban J connectivity index is 2.60. The highest BCUT2D eigenvalue weighted by Crippen LogP contribution is 2.25. The van der Waals surface area contributed by atoms with Gasteiger partial charge < -0.3 is 0 Å². The van der Waals surface area contributed by atoms with Crippen LogP contribution in [0.5, 0.6) is 0 Å². The van der Waals surface area contributed by atoms with Crippen molar-refractivity contribution in [3.05, 3.63) is 23.5 Å². The third kappa shape index (κ3) is 2.64. The van der Waals surface area contributed by atoms with Crippen molar-refractivity contribution in [2.75, 3.05) is 12.5 Å². The second-order valence-electron chi connectivity index (χ2n) is 3.78. The summed E-state index contributed by atoms with van der Waals surface area (Å²) < 4.78 is 0. The summed E-state index contributed by atoms with van der Waals surface area (Å²) >= 11 is 3.06. The summed E-state index contributed by atoms with van der Waals surface area (Å²) in [5.41, 5.74) is 3.84. The molecule has 0 radical (unpaired) electrons. The van der Waals surface area contributed by atoms with Gasteiger partial charge in [-0.3, -0.25) is 0 Å². The predicted molar refractivity (Wildman–Crippen MR) is 76.1 cm³/mol. The summed E-state index contributed by atoms with van der Waals surface area (Å²) in [6.45, 7) is 4.00. The van der Waals surface area contributed by atoms with Crippen molar-refractivity contribution in [3.63, 3.8) is 0 Å². The van der Waals surface area contributed by atoms with Crippen molar-refractivity contribution >= 4 is 23.5 Å². The molecule has 0 saturated heterocycles. The molecule has 0 bridgehead atoms. The first-order valence-corrected chi connectivity index (χ1v) is 7.86. The van der Waals surface area contributed by atoms with Crippen LogP contribution in [0.15, 0.2) is 22.7 Å². The zero-order chi connectivity index (χ0) is 13.1. The summed E-state index contributed by atoms with van der Waals surface area (Å²) in [6, 6.07) is 0. The highest BCUT2D eigenvalue weighted by atomic mass is 32.2. The van der Waals surface area contributed by atoms with Crippen molar-refractivity contribution in [1.29, 1.82) is 0 Å². The molecular weight excluding hydrogens is 264 g/mol. The molecule has 0 N–H and O–H groups in total. The van der Waals surface area contributed by atoms with Gasteiger partial charge in [0.2, 0.25) is 0 Å². The van der Waals surface area contributed by atoms with Crippen LogP contribution in [0.4, 0.5) is 0 Å². The predicted octanol–water partition coefficient (Wildman–Crippen LogP) is 2.99. The van der Waals surface area contributed by atoms with Gasteiger partial charge in [-0.1, -0.05) is 23.5 Å². The lowest BCUT2D eigenvalue weighted by atomic mass is 10.1. The minimum Gasteiger partial charge on any atom is -0.231 e. The summed E-state index contributed by atoms with van der Waals surface area (Å²) in [7, 11) is 0. The number of nitrogens with zero attached hydrogens (tertiary/aromatic N) is 4. The van der Waals surface area contributed by atoms with Crippen molar-refractivity contribution < 1.29 is 0 Å².